The Balaban J connectivity index is 2.66. The van der Waals surface area contributed by atoms with E-state index in [0.717, 1.165) is 5.56 Å². The number of carbonyl (C=O) groups is 1. The van der Waals surface area contributed by atoms with Gasteiger partial charge in [0.25, 0.3) is 0 Å². The van der Waals surface area contributed by atoms with Crippen molar-refractivity contribution in [3.05, 3.63) is 23.8 Å². The van der Waals surface area contributed by atoms with Crippen LogP contribution in [0.2, 0.25) is 0 Å². The number of likely N-dealkylation sites (N-methyl/N-ethyl adjacent to an activating group) is 2. The van der Waals surface area contributed by atoms with Crippen LogP contribution < -0.4 is 10.1 Å². The highest BCUT2D eigenvalue weighted by Gasteiger charge is 2.08. The van der Waals surface area contributed by atoms with Crippen LogP contribution in [0.1, 0.15) is 12.5 Å². The smallest absolute Gasteiger partial charge is 0.233 e. The molecule has 0 aromatic heterocycles. The molecule has 0 aliphatic rings. The van der Waals surface area contributed by atoms with Gasteiger partial charge in [-0.15, -0.1) is 0 Å². The summed E-state index contributed by atoms with van der Waals surface area (Å²) in [5.74, 6) is 0.583. The van der Waals surface area contributed by atoms with Crippen LogP contribution >= 0.6 is 0 Å². The molecule has 5 heteroatoms. The van der Waals surface area contributed by atoms with Crippen molar-refractivity contribution in [2.45, 2.75) is 13.5 Å². The predicted octanol–water partition coefficient (Wildman–Crippen LogP) is 0.969. The maximum absolute atomic E-state index is 11.2. The summed E-state index contributed by atoms with van der Waals surface area (Å²) in [5, 5.41) is 12.2. The van der Waals surface area contributed by atoms with Crippen LogP contribution in [0.15, 0.2) is 18.2 Å². The predicted molar refractivity (Wildman–Crippen MR) is 69.7 cm³/mol. The molecule has 0 aliphatic carbocycles. The van der Waals surface area contributed by atoms with E-state index >= 15 is 0 Å². The fraction of sp³-hybridized carbons (Fsp3) is 0.462. The largest absolute Gasteiger partial charge is 0.504 e. The van der Waals surface area contributed by atoms with Gasteiger partial charge in [-0.3, -0.25) is 9.69 Å². The monoisotopic (exact) mass is 252 g/mol. The number of aromatic hydroxyl groups is 1. The standard InChI is InChI=1S/C13H20N2O3/c1-4-18-12-7-10(5-6-11(12)16)8-15(3)9-13(17)14-2/h5-7,16H,4,8-9H2,1-3H3,(H,14,17). The number of carbonyl (C=O) groups excluding carboxylic acids is 1. The van der Waals surface area contributed by atoms with Gasteiger partial charge in [0.15, 0.2) is 11.5 Å². The number of benzene rings is 1. The van der Waals surface area contributed by atoms with E-state index in [0.29, 0.717) is 25.4 Å². The van der Waals surface area contributed by atoms with Crippen molar-refractivity contribution >= 4 is 5.91 Å². The van der Waals surface area contributed by atoms with Crippen LogP contribution in [-0.2, 0) is 11.3 Å². The summed E-state index contributed by atoms with van der Waals surface area (Å²) in [6.07, 6.45) is 0. The van der Waals surface area contributed by atoms with Gasteiger partial charge in [-0.1, -0.05) is 6.07 Å². The molecule has 0 radical (unpaired) electrons. The van der Waals surface area contributed by atoms with E-state index in [1.807, 2.05) is 24.9 Å². The molecule has 0 saturated carbocycles. The molecule has 0 heterocycles. The average molecular weight is 252 g/mol. The molecule has 2 N–H and O–H groups in total. The third-order valence-corrected chi connectivity index (χ3v) is 2.47. The topological polar surface area (TPSA) is 61.8 Å². The Kier molecular flexibility index (Phi) is 5.45. The number of amides is 1. The molecular formula is C13H20N2O3. The molecule has 1 aromatic carbocycles. The molecule has 0 aliphatic heterocycles. The fourth-order valence-electron chi connectivity index (χ4n) is 1.62. The van der Waals surface area contributed by atoms with Crippen molar-refractivity contribution in [1.82, 2.24) is 10.2 Å². The van der Waals surface area contributed by atoms with Gasteiger partial charge in [0, 0.05) is 13.6 Å². The average Bonchev–Trinajstić information content (AvgIpc) is 2.33. The molecular weight excluding hydrogens is 232 g/mol. The molecule has 1 rings (SSSR count). The van der Waals surface area contributed by atoms with Gasteiger partial charge >= 0.3 is 0 Å². The maximum atomic E-state index is 11.2. The van der Waals surface area contributed by atoms with E-state index in [-0.39, 0.29) is 11.7 Å². The number of nitrogens with zero attached hydrogens (tertiary/aromatic N) is 1. The molecule has 18 heavy (non-hydrogen) atoms. The van der Waals surface area contributed by atoms with Crippen LogP contribution in [0.5, 0.6) is 11.5 Å². The molecule has 0 atom stereocenters. The van der Waals surface area contributed by atoms with Crippen LogP contribution in [0, 0.1) is 0 Å². The molecule has 1 amide bonds. The van der Waals surface area contributed by atoms with Crippen LogP contribution in [0.25, 0.3) is 0 Å². The second-order valence-corrected chi connectivity index (χ2v) is 4.08. The van der Waals surface area contributed by atoms with Crippen molar-refractivity contribution in [3.63, 3.8) is 0 Å². The molecule has 0 fully saturated rings. The molecule has 0 saturated heterocycles. The first-order valence-electron chi connectivity index (χ1n) is 5.90. The normalized spacial score (nSPS) is 10.4. The van der Waals surface area contributed by atoms with Gasteiger partial charge in [0.1, 0.15) is 0 Å². The summed E-state index contributed by atoms with van der Waals surface area (Å²) in [6, 6.07) is 5.21. The Morgan fingerprint density at radius 3 is 2.83 bits per heavy atom. The van der Waals surface area contributed by atoms with Crippen molar-refractivity contribution in [2.24, 2.45) is 0 Å². The summed E-state index contributed by atoms with van der Waals surface area (Å²) in [5.41, 5.74) is 0.989. The highest BCUT2D eigenvalue weighted by molar-refractivity contribution is 5.77. The van der Waals surface area contributed by atoms with Crippen molar-refractivity contribution in [2.75, 3.05) is 27.2 Å². The third-order valence-electron chi connectivity index (χ3n) is 2.47. The number of phenolic OH excluding ortho intramolecular Hbond substituents is 1. The van der Waals surface area contributed by atoms with Crippen molar-refractivity contribution < 1.29 is 14.6 Å². The molecule has 100 valence electrons. The summed E-state index contributed by atoms with van der Waals surface area (Å²) in [4.78, 5) is 13.1. The first-order valence-corrected chi connectivity index (χ1v) is 5.90. The number of hydrogen-bond acceptors (Lipinski definition) is 4. The zero-order valence-corrected chi connectivity index (χ0v) is 11.1. The van der Waals surface area contributed by atoms with E-state index < -0.39 is 0 Å². The number of ether oxygens (including phenoxy) is 1. The van der Waals surface area contributed by atoms with Crippen LogP contribution in [0.4, 0.5) is 0 Å². The second-order valence-electron chi connectivity index (χ2n) is 4.08. The lowest BCUT2D eigenvalue weighted by Crippen LogP contribution is -2.32. The van der Waals surface area contributed by atoms with Gasteiger partial charge in [-0.05, 0) is 31.7 Å². The Morgan fingerprint density at radius 2 is 2.22 bits per heavy atom. The molecule has 1 aromatic rings. The first kappa shape index (κ1) is 14.3. The van der Waals surface area contributed by atoms with Crippen LogP contribution in [0.3, 0.4) is 0 Å². The SMILES string of the molecule is CCOc1cc(CN(C)CC(=O)NC)ccc1O. The van der Waals surface area contributed by atoms with E-state index in [2.05, 4.69) is 5.32 Å². The second kappa shape index (κ2) is 6.86. The molecule has 5 nitrogen and oxygen atoms in total. The molecule has 0 spiro atoms. The zero-order chi connectivity index (χ0) is 13.5. The lowest BCUT2D eigenvalue weighted by atomic mass is 10.2. The lowest BCUT2D eigenvalue weighted by Gasteiger charge is -2.16. The highest BCUT2D eigenvalue weighted by atomic mass is 16.5. The van der Waals surface area contributed by atoms with Gasteiger partial charge in [0.05, 0.1) is 13.2 Å². The Bertz CT molecular complexity index is 407. The minimum Gasteiger partial charge on any atom is -0.504 e. The van der Waals surface area contributed by atoms with Gasteiger partial charge < -0.3 is 15.2 Å². The van der Waals surface area contributed by atoms with Gasteiger partial charge in [0.2, 0.25) is 5.91 Å². The quantitative estimate of drug-likeness (QED) is 0.792. The highest BCUT2D eigenvalue weighted by Crippen LogP contribution is 2.27. The Morgan fingerprint density at radius 1 is 1.50 bits per heavy atom. The summed E-state index contributed by atoms with van der Waals surface area (Å²) in [7, 11) is 3.48. The van der Waals surface area contributed by atoms with Crippen molar-refractivity contribution in [1.29, 1.82) is 0 Å². The number of hydrogen-bond donors (Lipinski definition) is 2. The van der Waals surface area contributed by atoms with E-state index in [9.17, 15) is 9.90 Å². The Labute approximate surface area is 107 Å². The van der Waals surface area contributed by atoms with Gasteiger partial charge in [-0.25, -0.2) is 0 Å². The first-order chi connectivity index (χ1) is 8.56. The minimum atomic E-state index is -0.0266. The number of phenols is 1. The van der Waals surface area contributed by atoms with E-state index in [1.165, 1.54) is 0 Å². The fourth-order valence-corrected chi connectivity index (χ4v) is 1.62. The Hall–Kier alpha value is -1.75. The van der Waals surface area contributed by atoms with Crippen molar-refractivity contribution in [3.8, 4) is 11.5 Å². The minimum absolute atomic E-state index is 0.0266. The van der Waals surface area contributed by atoms with E-state index in [1.54, 1.807) is 19.2 Å². The van der Waals surface area contributed by atoms with Crippen LogP contribution in [-0.4, -0.2) is 43.2 Å². The zero-order valence-electron chi connectivity index (χ0n) is 11.1. The van der Waals surface area contributed by atoms with E-state index in [4.69, 9.17) is 4.74 Å². The number of rotatable bonds is 6. The van der Waals surface area contributed by atoms with Gasteiger partial charge in [-0.2, -0.15) is 0 Å². The summed E-state index contributed by atoms with van der Waals surface area (Å²) >= 11 is 0. The lowest BCUT2D eigenvalue weighted by molar-refractivity contribution is -0.121. The molecule has 0 bridgehead atoms. The third kappa shape index (κ3) is 4.25. The summed E-state index contributed by atoms with van der Waals surface area (Å²) in [6.45, 7) is 3.32. The maximum Gasteiger partial charge on any atom is 0.233 e. The number of nitrogens with one attached hydrogen (secondary N) is 1. The molecule has 0 unspecified atom stereocenters. The summed E-state index contributed by atoms with van der Waals surface area (Å²) < 4.78 is 5.31.